The van der Waals surface area contributed by atoms with Gasteiger partial charge < -0.3 is 89.9 Å². The molecule has 0 bridgehead atoms. The van der Waals surface area contributed by atoms with E-state index in [1.165, 1.54) is 289 Å². The van der Waals surface area contributed by atoms with Crippen molar-refractivity contribution >= 4 is 5.91 Å². The van der Waals surface area contributed by atoms with Gasteiger partial charge in [-0.25, -0.2) is 0 Å². The lowest BCUT2D eigenvalue weighted by molar-refractivity contribution is -0.379. The maximum absolute atomic E-state index is 13.5. The summed E-state index contributed by atoms with van der Waals surface area (Å²) in [6.07, 6.45) is 43.4. The zero-order valence-corrected chi connectivity index (χ0v) is 62.3. The summed E-state index contributed by atoms with van der Waals surface area (Å²) >= 11 is 0. The molecule has 0 aliphatic carbocycles. The molecule has 17 atom stereocenters. The molecule has 1 amide bonds. The number of aliphatic hydroxyl groups is 11. The fraction of sp³-hybridized carbons (Fsp3) is 0.987. The summed E-state index contributed by atoms with van der Waals surface area (Å²) in [7, 11) is 0. The molecule has 3 fully saturated rings. The van der Waals surface area contributed by atoms with Crippen molar-refractivity contribution in [2.75, 3.05) is 26.4 Å². The Labute approximate surface area is 595 Å². The zero-order valence-electron chi connectivity index (χ0n) is 62.3. The molecule has 3 saturated heterocycles. The molecule has 17 unspecified atom stereocenters. The molecule has 3 heterocycles. The molecule has 0 spiro atoms. The average Bonchev–Trinajstić information content (AvgIpc) is 0.785. The summed E-state index contributed by atoms with van der Waals surface area (Å²) in [6, 6.07) is -0.883. The Balaban J connectivity index is 1.35. The van der Waals surface area contributed by atoms with Gasteiger partial charge in [-0.3, -0.25) is 4.79 Å². The molecule has 0 aromatic carbocycles. The smallest absolute Gasteiger partial charge is 0.220 e. The van der Waals surface area contributed by atoms with E-state index in [1.54, 1.807) is 0 Å². The molecule has 19 heteroatoms. The molecular formula is C79H153NO18. The third-order valence-corrected chi connectivity index (χ3v) is 21.2. The Morgan fingerprint density at radius 3 is 0.888 bits per heavy atom. The predicted octanol–water partition coefficient (Wildman–Crippen LogP) is 13.8. The predicted molar refractivity (Wildman–Crippen MR) is 388 cm³/mol. The minimum atomic E-state index is -1.97. The summed E-state index contributed by atoms with van der Waals surface area (Å²) in [6.45, 7) is 1.88. The van der Waals surface area contributed by atoms with Crippen molar-refractivity contribution < 1.29 is 89.4 Å². The van der Waals surface area contributed by atoms with Crippen molar-refractivity contribution in [2.45, 2.75) is 471 Å². The Kier molecular flexibility index (Phi) is 56.6. The molecule has 12 N–H and O–H groups in total. The highest BCUT2D eigenvalue weighted by Gasteiger charge is 2.54. The SMILES string of the molecule is CCCCCCCCCCCCCCCCCCCCCCCCCCCCCCCCCC(O)C(COC1OC(CO)C(OC2OC(CO)C(OC3OC(CO)C(O)C(O)C3O)C(O)C2O)C(O)C1O)NC(=O)CCCCCCCCCCCCCCCCCCCCCCCC. The second kappa shape index (κ2) is 61.0. The topological polar surface area (TPSA) is 307 Å². The van der Waals surface area contributed by atoms with Crippen LogP contribution in [0, 0.1) is 0 Å². The molecule has 3 rings (SSSR count). The third kappa shape index (κ3) is 40.9. The van der Waals surface area contributed by atoms with Crippen LogP contribution in [0.15, 0.2) is 0 Å². The van der Waals surface area contributed by atoms with Gasteiger partial charge in [-0.05, 0) is 12.8 Å². The Hall–Kier alpha value is -1.21. The zero-order chi connectivity index (χ0) is 71.1. The summed E-state index contributed by atoms with van der Waals surface area (Å²) in [5.41, 5.74) is 0. The van der Waals surface area contributed by atoms with Crippen molar-refractivity contribution in [3.8, 4) is 0 Å². The van der Waals surface area contributed by atoms with Crippen LogP contribution >= 0.6 is 0 Å². The molecule has 0 radical (unpaired) electrons. The van der Waals surface area contributed by atoms with Crippen LogP contribution in [0.4, 0.5) is 0 Å². The van der Waals surface area contributed by atoms with Gasteiger partial charge in [0.25, 0.3) is 0 Å². The van der Waals surface area contributed by atoms with Crippen molar-refractivity contribution in [1.29, 1.82) is 0 Å². The summed E-state index contributed by atoms with van der Waals surface area (Å²) in [5.74, 6) is -0.233. The van der Waals surface area contributed by atoms with Crippen LogP contribution in [0.5, 0.6) is 0 Å². The van der Waals surface area contributed by atoms with Gasteiger partial charge in [0.15, 0.2) is 18.9 Å². The first-order chi connectivity index (χ1) is 47.8. The number of amides is 1. The van der Waals surface area contributed by atoms with E-state index in [9.17, 15) is 61.0 Å². The maximum atomic E-state index is 13.5. The van der Waals surface area contributed by atoms with Crippen LogP contribution < -0.4 is 5.32 Å². The number of aliphatic hydroxyl groups excluding tert-OH is 11. The molecular weight excluding hydrogens is 1250 g/mol. The first kappa shape index (κ1) is 91.0. The molecule has 3 aliphatic rings. The van der Waals surface area contributed by atoms with Crippen LogP contribution in [-0.2, 0) is 33.2 Å². The highest BCUT2D eigenvalue weighted by molar-refractivity contribution is 5.76. The number of hydrogen-bond donors (Lipinski definition) is 12. The first-order valence-corrected chi connectivity index (χ1v) is 41.3. The van der Waals surface area contributed by atoms with Gasteiger partial charge in [0.1, 0.15) is 73.2 Å². The summed E-state index contributed by atoms with van der Waals surface area (Å²) < 4.78 is 34.5. The first-order valence-electron chi connectivity index (χ1n) is 41.3. The van der Waals surface area contributed by atoms with Gasteiger partial charge in [-0.15, -0.1) is 0 Å². The van der Waals surface area contributed by atoms with Gasteiger partial charge in [0.2, 0.25) is 5.91 Å². The van der Waals surface area contributed by atoms with E-state index >= 15 is 0 Å². The maximum Gasteiger partial charge on any atom is 0.220 e. The van der Waals surface area contributed by atoms with Gasteiger partial charge in [0, 0.05) is 6.42 Å². The van der Waals surface area contributed by atoms with Crippen LogP contribution in [0.25, 0.3) is 0 Å². The van der Waals surface area contributed by atoms with Crippen LogP contribution in [0.1, 0.15) is 367 Å². The van der Waals surface area contributed by atoms with Crippen LogP contribution in [0.3, 0.4) is 0 Å². The summed E-state index contributed by atoms with van der Waals surface area (Å²) in [5, 5.41) is 121. The van der Waals surface area contributed by atoms with E-state index in [0.29, 0.717) is 12.8 Å². The van der Waals surface area contributed by atoms with E-state index in [1.807, 2.05) is 0 Å². The number of hydrogen-bond acceptors (Lipinski definition) is 18. The standard InChI is InChI=1S/C79H153NO18/c1-3-5-7-9-11-13-15-17-19-21-23-25-27-28-29-30-31-32-33-34-35-36-38-40-42-44-46-48-50-52-54-56-63(84)62(80-67(85)57-55-53-51-49-47-45-43-41-39-37-26-24-22-20-18-16-14-12-10-8-6-4-2)61-93-77-73(91)70(88)75(65(59-82)95-77)98-79-74(92)71(89)76(66(60-83)96-79)97-78-72(90)69(87)68(86)64(58-81)94-78/h62-66,68-79,81-84,86-92H,3-61H2,1-2H3,(H,80,85). The number of unbranched alkanes of at least 4 members (excludes halogenated alkanes) is 51. The minimum Gasteiger partial charge on any atom is -0.394 e. The van der Waals surface area contributed by atoms with E-state index in [0.717, 1.165) is 44.9 Å². The Bertz CT molecular complexity index is 1770. The number of rotatable bonds is 67. The van der Waals surface area contributed by atoms with Crippen LogP contribution in [-0.4, -0.2) is 193 Å². The lowest BCUT2D eigenvalue weighted by atomic mass is 9.96. The van der Waals surface area contributed by atoms with E-state index in [2.05, 4.69) is 19.2 Å². The quantitative estimate of drug-likeness (QED) is 0.0252. The monoisotopic (exact) mass is 1400 g/mol. The van der Waals surface area contributed by atoms with Gasteiger partial charge >= 0.3 is 0 Å². The van der Waals surface area contributed by atoms with Crippen molar-refractivity contribution in [3.63, 3.8) is 0 Å². The number of carbonyl (C=O) groups excluding carboxylic acids is 1. The normalized spacial score (nSPS) is 26.6. The number of carbonyl (C=O) groups is 1. The van der Waals surface area contributed by atoms with Crippen molar-refractivity contribution in [2.24, 2.45) is 0 Å². The molecule has 0 aromatic rings. The van der Waals surface area contributed by atoms with E-state index < -0.39 is 124 Å². The Morgan fingerprint density at radius 2 is 0.582 bits per heavy atom. The number of ether oxygens (including phenoxy) is 6. The fourth-order valence-corrected chi connectivity index (χ4v) is 14.6. The molecule has 0 saturated carbocycles. The highest BCUT2D eigenvalue weighted by Crippen LogP contribution is 2.33. The lowest BCUT2D eigenvalue weighted by Crippen LogP contribution is -2.66. The fourth-order valence-electron chi connectivity index (χ4n) is 14.6. The van der Waals surface area contributed by atoms with Gasteiger partial charge in [0.05, 0.1) is 38.6 Å². The van der Waals surface area contributed by atoms with E-state index in [-0.39, 0.29) is 18.9 Å². The van der Waals surface area contributed by atoms with Crippen LogP contribution in [0.2, 0.25) is 0 Å². The summed E-state index contributed by atoms with van der Waals surface area (Å²) in [4.78, 5) is 13.5. The second-order valence-electron chi connectivity index (χ2n) is 30.0. The van der Waals surface area contributed by atoms with Gasteiger partial charge in [-0.1, -0.05) is 348 Å². The molecule has 98 heavy (non-hydrogen) atoms. The lowest BCUT2D eigenvalue weighted by Gasteiger charge is -2.48. The molecule has 3 aliphatic heterocycles. The minimum absolute atomic E-state index is 0.233. The van der Waals surface area contributed by atoms with E-state index in [4.69, 9.17) is 28.4 Å². The van der Waals surface area contributed by atoms with Crippen molar-refractivity contribution in [1.82, 2.24) is 5.32 Å². The molecule has 19 nitrogen and oxygen atoms in total. The highest BCUT2D eigenvalue weighted by atomic mass is 16.8. The molecule has 582 valence electrons. The van der Waals surface area contributed by atoms with Gasteiger partial charge in [-0.2, -0.15) is 0 Å². The molecule has 0 aromatic heterocycles. The Morgan fingerprint density at radius 1 is 0.327 bits per heavy atom. The third-order valence-electron chi connectivity index (χ3n) is 21.2. The average molecular weight is 1410 g/mol. The second-order valence-corrected chi connectivity index (χ2v) is 30.0. The number of nitrogens with one attached hydrogen (secondary N) is 1. The van der Waals surface area contributed by atoms with Crippen molar-refractivity contribution in [3.05, 3.63) is 0 Å². The largest absolute Gasteiger partial charge is 0.394 e.